The quantitative estimate of drug-likeness (QED) is 0.728. The standard InChI is InChI=1S/C20H20BrNO2/c1-22(2)20(23)14-9-10-19-18(12-14)17(8-5-11-21)16-7-4-3-6-15(16)13-24-19/h3-4,6-10,12H,5,11,13H2,1-2H3/b17-8+. The molecule has 0 N–H and O–H groups in total. The van der Waals surface area contributed by atoms with E-state index in [0.29, 0.717) is 12.2 Å². The van der Waals surface area contributed by atoms with E-state index in [9.17, 15) is 4.79 Å². The van der Waals surface area contributed by atoms with Crippen LogP contribution in [0.2, 0.25) is 0 Å². The summed E-state index contributed by atoms with van der Waals surface area (Å²) in [5, 5.41) is 0.894. The lowest BCUT2D eigenvalue weighted by molar-refractivity contribution is 0.0827. The van der Waals surface area contributed by atoms with Crippen molar-refractivity contribution in [2.45, 2.75) is 13.0 Å². The number of carbonyl (C=O) groups excluding carboxylic acids is 1. The number of fused-ring (bicyclic) bond motifs is 2. The summed E-state index contributed by atoms with van der Waals surface area (Å²) in [5.41, 5.74) is 5.12. The molecule has 0 bridgehead atoms. The van der Waals surface area contributed by atoms with Crippen molar-refractivity contribution in [1.29, 1.82) is 0 Å². The topological polar surface area (TPSA) is 29.5 Å². The summed E-state index contributed by atoms with van der Waals surface area (Å²) in [4.78, 5) is 13.9. The van der Waals surface area contributed by atoms with Crippen LogP contribution in [0, 0.1) is 0 Å². The van der Waals surface area contributed by atoms with Crippen LogP contribution in [0.25, 0.3) is 5.57 Å². The van der Waals surface area contributed by atoms with Gasteiger partial charge in [0, 0.05) is 30.6 Å². The van der Waals surface area contributed by atoms with Crippen LogP contribution in [0.5, 0.6) is 5.75 Å². The number of rotatable bonds is 3. The van der Waals surface area contributed by atoms with Gasteiger partial charge >= 0.3 is 0 Å². The highest BCUT2D eigenvalue weighted by atomic mass is 79.9. The third kappa shape index (κ3) is 3.24. The molecule has 3 rings (SSSR count). The van der Waals surface area contributed by atoms with Crippen LogP contribution in [0.1, 0.15) is 33.5 Å². The highest BCUT2D eigenvalue weighted by molar-refractivity contribution is 9.09. The first-order valence-electron chi connectivity index (χ1n) is 7.95. The molecular weight excluding hydrogens is 366 g/mol. The van der Waals surface area contributed by atoms with Gasteiger partial charge in [-0.1, -0.05) is 46.3 Å². The minimum Gasteiger partial charge on any atom is -0.488 e. The maximum Gasteiger partial charge on any atom is 0.253 e. The number of benzene rings is 2. The average Bonchev–Trinajstić information content (AvgIpc) is 2.75. The van der Waals surface area contributed by atoms with Crippen LogP contribution in [-0.2, 0) is 6.61 Å². The summed E-state index contributed by atoms with van der Waals surface area (Å²) in [6, 6.07) is 14.0. The molecule has 0 atom stereocenters. The van der Waals surface area contributed by atoms with E-state index in [2.05, 4.69) is 34.1 Å². The minimum absolute atomic E-state index is 0.00447. The van der Waals surface area contributed by atoms with Crippen molar-refractivity contribution in [1.82, 2.24) is 4.90 Å². The number of carbonyl (C=O) groups is 1. The zero-order valence-corrected chi connectivity index (χ0v) is 15.5. The summed E-state index contributed by atoms with van der Waals surface area (Å²) >= 11 is 3.50. The first-order chi connectivity index (χ1) is 11.6. The van der Waals surface area contributed by atoms with Crippen LogP contribution >= 0.6 is 15.9 Å². The van der Waals surface area contributed by atoms with Crippen LogP contribution in [-0.4, -0.2) is 30.2 Å². The number of nitrogens with zero attached hydrogens (tertiary/aromatic N) is 1. The predicted molar refractivity (Wildman–Crippen MR) is 101 cm³/mol. The van der Waals surface area contributed by atoms with Crippen molar-refractivity contribution in [3.8, 4) is 5.75 Å². The Morgan fingerprint density at radius 1 is 1.21 bits per heavy atom. The van der Waals surface area contributed by atoms with Gasteiger partial charge in [0.2, 0.25) is 0 Å². The molecule has 2 aromatic carbocycles. The van der Waals surface area contributed by atoms with E-state index in [0.717, 1.165) is 34.2 Å². The minimum atomic E-state index is -0.00447. The van der Waals surface area contributed by atoms with Crippen molar-refractivity contribution < 1.29 is 9.53 Å². The Morgan fingerprint density at radius 3 is 2.75 bits per heavy atom. The third-order valence-corrected chi connectivity index (χ3v) is 4.53. The van der Waals surface area contributed by atoms with Crippen molar-refractivity contribution in [2.24, 2.45) is 0 Å². The molecule has 0 aromatic heterocycles. The summed E-state index contributed by atoms with van der Waals surface area (Å²) in [6.07, 6.45) is 3.12. The maximum atomic E-state index is 12.3. The third-order valence-electron chi connectivity index (χ3n) is 4.07. The first-order valence-corrected chi connectivity index (χ1v) is 9.07. The van der Waals surface area contributed by atoms with Crippen molar-refractivity contribution >= 4 is 27.4 Å². The predicted octanol–water partition coefficient (Wildman–Crippen LogP) is 4.50. The number of hydrogen-bond acceptors (Lipinski definition) is 2. The van der Waals surface area contributed by atoms with Gasteiger partial charge in [0.25, 0.3) is 5.91 Å². The van der Waals surface area contributed by atoms with E-state index < -0.39 is 0 Å². The molecule has 0 unspecified atom stereocenters. The highest BCUT2D eigenvalue weighted by Crippen LogP contribution is 2.37. The maximum absolute atomic E-state index is 12.3. The lowest BCUT2D eigenvalue weighted by atomic mass is 9.92. The smallest absolute Gasteiger partial charge is 0.253 e. The Hall–Kier alpha value is -2.07. The fourth-order valence-corrected chi connectivity index (χ4v) is 3.11. The van der Waals surface area contributed by atoms with E-state index in [-0.39, 0.29) is 5.91 Å². The van der Waals surface area contributed by atoms with Crippen molar-refractivity contribution in [3.63, 3.8) is 0 Å². The SMILES string of the molecule is CN(C)C(=O)c1ccc2c(c1)/C(=C/CCBr)c1ccccc1CO2. The summed E-state index contributed by atoms with van der Waals surface area (Å²) in [6.45, 7) is 0.537. The number of halogens is 1. The number of alkyl halides is 1. The summed E-state index contributed by atoms with van der Waals surface area (Å²) in [5.74, 6) is 0.817. The number of ether oxygens (including phenoxy) is 1. The average molecular weight is 386 g/mol. The van der Waals surface area contributed by atoms with Gasteiger partial charge in [0.05, 0.1) is 0 Å². The Kier molecular flexibility index (Phi) is 5.05. The summed E-state index contributed by atoms with van der Waals surface area (Å²) in [7, 11) is 3.53. The second-order valence-electron chi connectivity index (χ2n) is 5.95. The monoisotopic (exact) mass is 385 g/mol. The molecule has 1 aliphatic heterocycles. The number of allylic oxidation sites excluding steroid dienone is 1. The van der Waals surface area contributed by atoms with Crippen LogP contribution in [0.4, 0.5) is 0 Å². The molecule has 1 heterocycles. The van der Waals surface area contributed by atoms with Gasteiger partial charge in [-0.15, -0.1) is 0 Å². The normalized spacial score (nSPS) is 14.4. The molecule has 0 fully saturated rings. The van der Waals surface area contributed by atoms with Gasteiger partial charge in [0.15, 0.2) is 0 Å². The van der Waals surface area contributed by atoms with E-state index in [4.69, 9.17) is 4.74 Å². The fraction of sp³-hybridized carbons (Fsp3) is 0.250. The van der Waals surface area contributed by atoms with E-state index in [1.54, 1.807) is 19.0 Å². The van der Waals surface area contributed by atoms with Gasteiger partial charge in [-0.05, 0) is 41.3 Å². The molecule has 24 heavy (non-hydrogen) atoms. The first kappa shape index (κ1) is 16.8. The van der Waals surface area contributed by atoms with Crippen molar-refractivity contribution in [2.75, 3.05) is 19.4 Å². The molecule has 124 valence electrons. The lowest BCUT2D eigenvalue weighted by Gasteiger charge is -2.14. The van der Waals surface area contributed by atoms with Gasteiger partial charge < -0.3 is 9.64 Å². The van der Waals surface area contributed by atoms with E-state index in [1.165, 1.54) is 5.56 Å². The Balaban J connectivity index is 2.17. The van der Waals surface area contributed by atoms with Crippen LogP contribution < -0.4 is 4.74 Å². The summed E-state index contributed by atoms with van der Waals surface area (Å²) < 4.78 is 6.00. The van der Waals surface area contributed by atoms with E-state index >= 15 is 0 Å². The van der Waals surface area contributed by atoms with Gasteiger partial charge in [-0.2, -0.15) is 0 Å². The Labute approximate surface area is 151 Å². The highest BCUT2D eigenvalue weighted by Gasteiger charge is 2.20. The molecule has 0 radical (unpaired) electrons. The molecule has 0 saturated heterocycles. The second kappa shape index (κ2) is 7.22. The van der Waals surface area contributed by atoms with Crippen molar-refractivity contribution in [3.05, 3.63) is 70.8 Å². The van der Waals surface area contributed by atoms with Gasteiger partial charge in [-0.3, -0.25) is 4.79 Å². The second-order valence-corrected chi connectivity index (χ2v) is 6.74. The van der Waals surface area contributed by atoms with Crippen LogP contribution in [0.3, 0.4) is 0 Å². The Bertz CT molecular complexity index is 796. The fourth-order valence-electron chi connectivity index (χ4n) is 2.89. The molecule has 0 spiro atoms. The van der Waals surface area contributed by atoms with Gasteiger partial charge in [-0.25, -0.2) is 0 Å². The zero-order chi connectivity index (χ0) is 17.1. The molecule has 0 aliphatic carbocycles. The molecule has 1 amide bonds. The lowest BCUT2D eigenvalue weighted by Crippen LogP contribution is -2.21. The number of amides is 1. The molecular formula is C20H20BrNO2. The van der Waals surface area contributed by atoms with Crippen LogP contribution in [0.15, 0.2) is 48.5 Å². The molecule has 0 saturated carbocycles. The molecule has 2 aromatic rings. The molecule has 3 nitrogen and oxygen atoms in total. The van der Waals surface area contributed by atoms with E-state index in [1.807, 2.05) is 30.3 Å². The largest absolute Gasteiger partial charge is 0.488 e. The number of hydrogen-bond donors (Lipinski definition) is 0. The Morgan fingerprint density at radius 2 is 2.00 bits per heavy atom. The zero-order valence-electron chi connectivity index (χ0n) is 13.9. The molecule has 1 aliphatic rings. The van der Waals surface area contributed by atoms with Gasteiger partial charge in [0.1, 0.15) is 12.4 Å². The molecule has 4 heteroatoms.